The second kappa shape index (κ2) is 10.2. The third kappa shape index (κ3) is 4.42. The number of aliphatic hydroxyl groups excluding tert-OH is 1. The van der Waals surface area contributed by atoms with E-state index in [9.17, 15) is 14.7 Å². The lowest BCUT2D eigenvalue weighted by atomic mass is 9.95. The average molecular weight is 440 g/mol. The van der Waals surface area contributed by atoms with E-state index in [0.717, 1.165) is 0 Å². The number of amides is 1. The third-order valence-corrected chi connectivity index (χ3v) is 5.23. The highest BCUT2D eigenvalue weighted by molar-refractivity contribution is 6.46. The second-order valence-electron chi connectivity index (χ2n) is 7.30. The second-order valence-corrected chi connectivity index (χ2v) is 7.30. The van der Waals surface area contributed by atoms with Gasteiger partial charge < -0.3 is 24.2 Å². The Labute approximate surface area is 188 Å². The number of carbonyl (C=O) groups is 2. The number of hydrogen-bond donors (Lipinski definition) is 1. The van der Waals surface area contributed by atoms with Crippen LogP contribution in [0.15, 0.2) is 48.0 Å². The Morgan fingerprint density at radius 2 is 1.75 bits per heavy atom. The van der Waals surface area contributed by atoms with E-state index < -0.39 is 17.7 Å². The van der Waals surface area contributed by atoms with Crippen LogP contribution in [0.3, 0.4) is 0 Å². The average Bonchev–Trinajstić information content (AvgIpc) is 3.05. The van der Waals surface area contributed by atoms with E-state index in [0.29, 0.717) is 54.6 Å². The summed E-state index contributed by atoms with van der Waals surface area (Å²) in [6, 6.07) is 11.4. The fourth-order valence-electron chi connectivity index (χ4n) is 3.88. The number of hydrogen-bond acceptors (Lipinski definition) is 6. The van der Waals surface area contributed by atoms with Gasteiger partial charge in [-0.1, -0.05) is 25.1 Å². The van der Waals surface area contributed by atoms with E-state index in [1.54, 1.807) is 42.5 Å². The number of likely N-dealkylation sites (tertiary alicyclic amines) is 1. The molecule has 0 aliphatic carbocycles. The van der Waals surface area contributed by atoms with Gasteiger partial charge in [0.2, 0.25) is 0 Å². The Bertz CT molecular complexity index is 1030. The van der Waals surface area contributed by atoms with Crippen molar-refractivity contribution in [2.75, 3.05) is 26.9 Å². The fourth-order valence-corrected chi connectivity index (χ4v) is 3.88. The Kier molecular flexibility index (Phi) is 7.41. The number of ketones is 1. The molecule has 0 radical (unpaired) electrons. The van der Waals surface area contributed by atoms with Gasteiger partial charge in [0, 0.05) is 12.1 Å². The first-order valence-electron chi connectivity index (χ1n) is 10.8. The first kappa shape index (κ1) is 23.2. The lowest BCUT2D eigenvalue weighted by Gasteiger charge is -2.25. The van der Waals surface area contributed by atoms with Gasteiger partial charge in [-0.3, -0.25) is 9.59 Å². The summed E-state index contributed by atoms with van der Waals surface area (Å²) in [7, 11) is 1.53. The summed E-state index contributed by atoms with van der Waals surface area (Å²) in [5.41, 5.74) is 1.11. The number of methoxy groups -OCH3 is 1. The Balaban J connectivity index is 2.17. The normalized spacial score (nSPS) is 17.5. The maximum Gasteiger partial charge on any atom is 0.295 e. The van der Waals surface area contributed by atoms with Crippen molar-refractivity contribution in [1.29, 1.82) is 0 Å². The standard InChI is InChI=1S/C25H29NO6/c1-5-13-26-22(16-11-12-19(32-7-3)20(15-16)30-4)21(24(28)25(26)29)23(27)17-9-8-10-18(14-17)31-6-2/h8-12,14-15,22,27H,5-7,13H2,1-4H3/b23-21-. The van der Waals surface area contributed by atoms with Gasteiger partial charge in [0.15, 0.2) is 11.5 Å². The molecule has 1 aliphatic rings. The van der Waals surface area contributed by atoms with E-state index in [1.807, 2.05) is 20.8 Å². The molecule has 170 valence electrons. The number of Topliss-reactive ketones (excluding diaryl/α,β-unsaturated/α-hetero) is 1. The lowest BCUT2D eigenvalue weighted by Crippen LogP contribution is -2.30. The summed E-state index contributed by atoms with van der Waals surface area (Å²) in [4.78, 5) is 27.4. The largest absolute Gasteiger partial charge is 0.507 e. The van der Waals surface area contributed by atoms with Crippen molar-refractivity contribution < 1.29 is 28.9 Å². The van der Waals surface area contributed by atoms with Gasteiger partial charge >= 0.3 is 0 Å². The molecule has 3 rings (SSSR count). The summed E-state index contributed by atoms with van der Waals surface area (Å²) in [5.74, 6) is 0.0446. The molecular formula is C25H29NO6. The molecule has 0 bridgehead atoms. The minimum atomic E-state index is -0.740. The van der Waals surface area contributed by atoms with Gasteiger partial charge in [-0.15, -0.1) is 0 Å². The summed E-state index contributed by atoms with van der Waals surface area (Å²) in [6.07, 6.45) is 0.664. The van der Waals surface area contributed by atoms with Crippen LogP contribution >= 0.6 is 0 Å². The molecule has 2 aromatic carbocycles. The molecule has 7 nitrogen and oxygen atoms in total. The van der Waals surface area contributed by atoms with Crippen molar-refractivity contribution >= 4 is 17.4 Å². The number of rotatable bonds is 9. The predicted molar refractivity (Wildman–Crippen MR) is 121 cm³/mol. The number of carbonyl (C=O) groups excluding carboxylic acids is 2. The maximum absolute atomic E-state index is 13.0. The van der Waals surface area contributed by atoms with Crippen molar-refractivity contribution in [2.45, 2.75) is 33.2 Å². The summed E-state index contributed by atoms with van der Waals surface area (Å²) >= 11 is 0. The van der Waals surface area contributed by atoms with E-state index in [1.165, 1.54) is 12.0 Å². The van der Waals surface area contributed by atoms with Gasteiger partial charge in [0.1, 0.15) is 11.5 Å². The number of nitrogens with zero attached hydrogens (tertiary/aromatic N) is 1. The van der Waals surface area contributed by atoms with Crippen molar-refractivity contribution in [3.8, 4) is 17.2 Å². The summed E-state index contributed by atoms with van der Waals surface area (Å²) < 4.78 is 16.6. The minimum Gasteiger partial charge on any atom is -0.507 e. The molecule has 1 amide bonds. The van der Waals surface area contributed by atoms with Crippen LogP contribution in [-0.4, -0.2) is 48.6 Å². The summed E-state index contributed by atoms with van der Waals surface area (Å²) in [5, 5.41) is 11.2. The van der Waals surface area contributed by atoms with Crippen LogP contribution in [0, 0.1) is 0 Å². The molecule has 1 atom stereocenters. The maximum atomic E-state index is 13.0. The first-order valence-corrected chi connectivity index (χ1v) is 10.8. The molecule has 32 heavy (non-hydrogen) atoms. The van der Waals surface area contributed by atoms with Gasteiger partial charge in [-0.25, -0.2) is 0 Å². The molecule has 1 fully saturated rings. The zero-order valence-corrected chi connectivity index (χ0v) is 18.9. The van der Waals surface area contributed by atoms with Gasteiger partial charge in [0.05, 0.1) is 31.9 Å². The highest BCUT2D eigenvalue weighted by Crippen LogP contribution is 2.42. The first-order chi connectivity index (χ1) is 15.5. The SMILES string of the molecule is CCCN1C(=O)C(=O)/C(=C(\O)c2cccc(OCC)c2)C1c1ccc(OCC)c(OC)c1. The van der Waals surface area contributed by atoms with Crippen LogP contribution in [-0.2, 0) is 9.59 Å². The Morgan fingerprint density at radius 1 is 1.00 bits per heavy atom. The van der Waals surface area contributed by atoms with Gasteiger partial charge in [0.25, 0.3) is 11.7 Å². The third-order valence-electron chi connectivity index (χ3n) is 5.23. The van der Waals surface area contributed by atoms with Crippen molar-refractivity contribution in [3.63, 3.8) is 0 Å². The highest BCUT2D eigenvalue weighted by atomic mass is 16.5. The quantitative estimate of drug-likeness (QED) is 0.356. The molecule has 7 heteroatoms. The molecule has 0 saturated carbocycles. The van der Waals surface area contributed by atoms with Crippen molar-refractivity contribution in [1.82, 2.24) is 4.90 Å². The van der Waals surface area contributed by atoms with E-state index in [4.69, 9.17) is 14.2 Å². The molecule has 1 heterocycles. The van der Waals surface area contributed by atoms with Crippen LogP contribution in [0.5, 0.6) is 17.2 Å². The Hall–Kier alpha value is -3.48. The minimum absolute atomic E-state index is 0.0447. The van der Waals surface area contributed by atoms with Crippen LogP contribution in [0.1, 0.15) is 44.4 Å². The molecule has 2 aromatic rings. The zero-order chi connectivity index (χ0) is 23.3. The van der Waals surface area contributed by atoms with Crippen molar-refractivity contribution in [3.05, 3.63) is 59.2 Å². The van der Waals surface area contributed by atoms with Crippen LogP contribution in [0.4, 0.5) is 0 Å². The molecule has 0 spiro atoms. The molecular weight excluding hydrogens is 410 g/mol. The number of aliphatic hydroxyl groups is 1. The summed E-state index contributed by atoms with van der Waals surface area (Å²) in [6.45, 7) is 6.99. The molecule has 1 N–H and O–H groups in total. The molecule has 1 aliphatic heterocycles. The molecule has 0 aromatic heterocycles. The van der Waals surface area contributed by atoms with Crippen LogP contribution in [0.25, 0.3) is 5.76 Å². The fraction of sp³-hybridized carbons (Fsp3) is 0.360. The zero-order valence-electron chi connectivity index (χ0n) is 18.9. The Morgan fingerprint density at radius 3 is 2.41 bits per heavy atom. The van der Waals surface area contributed by atoms with Crippen LogP contribution in [0.2, 0.25) is 0 Å². The smallest absolute Gasteiger partial charge is 0.295 e. The van der Waals surface area contributed by atoms with E-state index in [2.05, 4.69) is 0 Å². The van der Waals surface area contributed by atoms with Crippen LogP contribution < -0.4 is 14.2 Å². The van der Waals surface area contributed by atoms with Gasteiger partial charge in [-0.05, 0) is 50.1 Å². The lowest BCUT2D eigenvalue weighted by molar-refractivity contribution is -0.139. The molecule has 1 unspecified atom stereocenters. The van der Waals surface area contributed by atoms with E-state index in [-0.39, 0.29) is 11.3 Å². The van der Waals surface area contributed by atoms with E-state index >= 15 is 0 Å². The number of ether oxygens (including phenoxy) is 3. The number of benzene rings is 2. The monoisotopic (exact) mass is 439 g/mol. The predicted octanol–water partition coefficient (Wildman–Crippen LogP) is 4.32. The van der Waals surface area contributed by atoms with Gasteiger partial charge in [-0.2, -0.15) is 0 Å². The topological polar surface area (TPSA) is 85.3 Å². The highest BCUT2D eigenvalue weighted by Gasteiger charge is 2.45. The van der Waals surface area contributed by atoms with Crippen molar-refractivity contribution in [2.24, 2.45) is 0 Å². The molecule has 1 saturated heterocycles.